The fourth-order valence-corrected chi connectivity index (χ4v) is 5.11. The normalized spacial score (nSPS) is 20.9. The van der Waals surface area contributed by atoms with Crippen molar-refractivity contribution < 1.29 is 0 Å². The predicted octanol–water partition coefficient (Wildman–Crippen LogP) is 5.17. The van der Waals surface area contributed by atoms with E-state index in [0.717, 1.165) is 10.9 Å². The van der Waals surface area contributed by atoms with Gasteiger partial charge in [0.1, 0.15) is 11.6 Å². The van der Waals surface area contributed by atoms with E-state index in [2.05, 4.69) is 15.6 Å². The highest BCUT2D eigenvalue weighted by molar-refractivity contribution is 7.96. The summed E-state index contributed by atoms with van der Waals surface area (Å²) >= 11 is 12.9. The summed E-state index contributed by atoms with van der Waals surface area (Å²) < 4.78 is 8.94. The van der Waals surface area contributed by atoms with Crippen molar-refractivity contribution in [1.29, 1.82) is 5.26 Å². The second kappa shape index (κ2) is 6.10. The zero-order valence-corrected chi connectivity index (χ0v) is 13.7. The van der Waals surface area contributed by atoms with E-state index >= 15 is 0 Å². The Bertz CT molecular complexity index is 865. The van der Waals surface area contributed by atoms with Gasteiger partial charge in [-0.25, -0.2) is 9.51 Å². The van der Waals surface area contributed by atoms with Crippen molar-refractivity contribution >= 4 is 45.6 Å². The van der Waals surface area contributed by atoms with Gasteiger partial charge in [-0.3, -0.25) is 0 Å². The van der Waals surface area contributed by atoms with Crippen LogP contribution in [0.5, 0.6) is 0 Å². The van der Waals surface area contributed by atoms with Gasteiger partial charge < -0.3 is 0 Å². The van der Waals surface area contributed by atoms with Crippen LogP contribution in [0.2, 0.25) is 0 Å². The van der Waals surface area contributed by atoms with E-state index in [1.54, 1.807) is 0 Å². The highest BCUT2D eigenvalue weighted by Gasteiger charge is 2.27. The molecule has 1 aliphatic heterocycles. The number of rotatable bonds is 2. The molecule has 108 valence electrons. The Morgan fingerprint density at radius 2 is 1.55 bits per heavy atom. The minimum Gasteiger partial charge on any atom is -0.224 e. The number of benzene rings is 2. The van der Waals surface area contributed by atoms with E-state index in [9.17, 15) is 5.26 Å². The molecule has 0 amide bonds. The summed E-state index contributed by atoms with van der Waals surface area (Å²) in [4.78, 5) is 0. The van der Waals surface area contributed by atoms with Crippen molar-refractivity contribution in [3.05, 3.63) is 71.8 Å². The largest absolute Gasteiger partial charge is 0.224 e. The van der Waals surface area contributed by atoms with Gasteiger partial charge in [-0.2, -0.15) is 5.26 Å². The summed E-state index contributed by atoms with van der Waals surface area (Å²) in [5.74, 6) is 0. The van der Waals surface area contributed by atoms with Gasteiger partial charge in [0.2, 0.25) is 0 Å². The lowest BCUT2D eigenvalue weighted by molar-refractivity contribution is 1.45. The van der Waals surface area contributed by atoms with Gasteiger partial charge in [0.05, 0.1) is 5.70 Å². The maximum Gasteiger partial charge on any atom is 0.194 e. The molecule has 1 aliphatic rings. The van der Waals surface area contributed by atoms with E-state index in [0.29, 0.717) is 5.70 Å². The minimum atomic E-state index is -2.70. The fraction of sp³-hybridized carbons (Fsp3) is 0. The number of nitrogens with zero attached hydrogens (tertiary/aromatic N) is 3. The third-order valence-electron chi connectivity index (χ3n) is 3.14. The Morgan fingerprint density at radius 1 is 0.955 bits per heavy atom. The van der Waals surface area contributed by atoms with Gasteiger partial charge in [-0.1, -0.05) is 72.3 Å². The number of hydrogen-bond acceptors (Lipinski definition) is 3. The van der Waals surface area contributed by atoms with Crippen molar-refractivity contribution in [2.75, 3.05) is 0 Å². The molecule has 0 aliphatic carbocycles. The minimum absolute atomic E-state index is 0.114. The molecule has 0 saturated heterocycles. The van der Waals surface area contributed by atoms with E-state index in [4.69, 9.17) is 22.8 Å². The zero-order chi connectivity index (χ0) is 15.6. The molecular formula is C16H10Cl2N3P. The average molecular weight is 346 g/mol. The Morgan fingerprint density at radius 3 is 2.14 bits per heavy atom. The number of halogens is 2. The van der Waals surface area contributed by atoms with Crippen LogP contribution in [0, 0.1) is 11.3 Å². The third-order valence-corrected chi connectivity index (χ3v) is 6.46. The summed E-state index contributed by atoms with van der Waals surface area (Å²) in [6.07, 6.45) is 0. The second-order valence-electron chi connectivity index (χ2n) is 4.55. The lowest BCUT2D eigenvalue weighted by Gasteiger charge is -2.19. The van der Waals surface area contributed by atoms with Crippen molar-refractivity contribution in [3.63, 3.8) is 0 Å². The van der Waals surface area contributed by atoms with E-state index in [-0.39, 0.29) is 10.7 Å². The molecule has 6 heteroatoms. The van der Waals surface area contributed by atoms with Crippen LogP contribution in [0.4, 0.5) is 0 Å². The first-order chi connectivity index (χ1) is 10.6. The molecule has 0 radical (unpaired) electrons. The summed E-state index contributed by atoms with van der Waals surface area (Å²) in [5, 5.41) is 10.3. The zero-order valence-electron chi connectivity index (χ0n) is 11.3. The van der Waals surface area contributed by atoms with Crippen LogP contribution in [0.15, 0.2) is 75.7 Å². The van der Waals surface area contributed by atoms with Crippen LogP contribution in [-0.4, -0.2) is 5.17 Å². The predicted molar refractivity (Wildman–Crippen MR) is 93.5 cm³/mol. The van der Waals surface area contributed by atoms with E-state index in [1.807, 2.05) is 60.7 Å². The summed E-state index contributed by atoms with van der Waals surface area (Å²) in [5.41, 5.74) is 1.54. The Kier molecular flexibility index (Phi) is 4.18. The maximum absolute atomic E-state index is 9.37. The average Bonchev–Trinajstić information content (AvgIpc) is 2.56. The molecular weight excluding hydrogens is 336 g/mol. The maximum atomic E-state index is 9.37. The Balaban J connectivity index is 2.27. The van der Waals surface area contributed by atoms with Crippen molar-refractivity contribution in [1.82, 2.24) is 0 Å². The molecule has 0 N–H and O–H groups in total. The van der Waals surface area contributed by atoms with Crippen LogP contribution < -0.4 is 5.30 Å². The molecule has 0 fully saturated rings. The standard InChI is InChI=1S/C16H10Cl2N3P/c17-16-14(11-19)15(12-7-3-1-4-8-12)20-22(18,21-16)13-9-5-2-6-10-13/h1-10H. The Labute approximate surface area is 138 Å². The highest BCUT2D eigenvalue weighted by atomic mass is 35.7. The topological polar surface area (TPSA) is 48.5 Å². The molecule has 0 saturated carbocycles. The third kappa shape index (κ3) is 2.74. The second-order valence-corrected chi connectivity index (χ2v) is 8.29. The lowest BCUT2D eigenvalue weighted by Crippen LogP contribution is -2.06. The number of hydrogen-bond donors (Lipinski definition) is 0. The fourth-order valence-electron chi connectivity index (χ4n) is 2.10. The van der Waals surface area contributed by atoms with Gasteiger partial charge in [0.15, 0.2) is 11.7 Å². The first-order valence-corrected chi connectivity index (χ1v) is 9.45. The van der Waals surface area contributed by atoms with Crippen LogP contribution in [0.25, 0.3) is 5.70 Å². The molecule has 3 rings (SSSR count). The van der Waals surface area contributed by atoms with Crippen LogP contribution in [-0.2, 0) is 0 Å². The molecule has 0 bridgehead atoms. The quantitative estimate of drug-likeness (QED) is 0.692. The molecule has 2 aromatic rings. The molecule has 0 spiro atoms. The van der Waals surface area contributed by atoms with Gasteiger partial charge in [0, 0.05) is 10.9 Å². The Hall–Kier alpha value is -1.85. The van der Waals surface area contributed by atoms with Crippen molar-refractivity contribution in [2.24, 2.45) is 9.51 Å². The summed E-state index contributed by atoms with van der Waals surface area (Å²) in [6.45, 7) is -2.70. The summed E-state index contributed by atoms with van der Waals surface area (Å²) in [7, 11) is 0. The molecule has 1 atom stereocenters. The van der Waals surface area contributed by atoms with Crippen LogP contribution in [0.3, 0.4) is 0 Å². The first kappa shape index (κ1) is 15.1. The van der Waals surface area contributed by atoms with Crippen molar-refractivity contribution in [2.45, 2.75) is 0 Å². The highest BCUT2D eigenvalue weighted by Crippen LogP contribution is 2.60. The van der Waals surface area contributed by atoms with E-state index < -0.39 is 6.56 Å². The monoisotopic (exact) mass is 345 g/mol. The molecule has 1 unspecified atom stereocenters. The smallest absolute Gasteiger partial charge is 0.194 e. The molecule has 3 nitrogen and oxygen atoms in total. The van der Waals surface area contributed by atoms with Gasteiger partial charge >= 0.3 is 0 Å². The molecule has 0 aromatic heterocycles. The van der Waals surface area contributed by atoms with Gasteiger partial charge in [-0.15, -0.1) is 0 Å². The number of allylic oxidation sites excluding steroid dienone is 1. The first-order valence-electron chi connectivity index (χ1n) is 6.47. The van der Waals surface area contributed by atoms with E-state index in [1.165, 1.54) is 0 Å². The van der Waals surface area contributed by atoms with Crippen LogP contribution >= 0.6 is 29.4 Å². The summed E-state index contributed by atoms with van der Waals surface area (Å²) in [6, 6.07) is 20.9. The van der Waals surface area contributed by atoms with Gasteiger partial charge in [-0.05, 0) is 11.2 Å². The van der Waals surface area contributed by atoms with Crippen molar-refractivity contribution in [3.8, 4) is 6.07 Å². The molecule has 1 heterocycles. The number of nitriles is 1. The van der Waals surface area contributed by atoms with Gasteiger partial charge in [0.25, 0.3) is 0 Å². The SMILES string of the molecule is N#CC1=C(c2ccccc2)N=P(Cl)(c2ccccc2)N=C1Cl. The van der Waals surface area contributed by atoms with Crippen LogP contribution in [0.1, 0.15) is 5.56 Å². The molecule has 2 aromatic carbocycles. The lowest BCUT2D eigenvalue weighted by atomic mass is 10.1. The molecule has 22 heavy (non-hydrogen) atoms.